The summed E-state index contributed by atoms with van der Waals surface area (Å²) >= 11 is 0. The van der Waals surface area contributed by atoms with Gasteiger partial charge in [-0.2, -0.15) is 5.10 Å². The number of anilines is 1. The van der Waals surface area contributed by atoms with Crippen LogP contribution in [0.1, 0.15) is 6.92 Å². The van der Waals surface area contributed by atoms with Crippen molar-refractivity contribution in [3.63, 3.8) is 0 Å². The van der Waals surface area contributed by atoms with Gasteiger partial charge in [-0.05, 0) is 6.92 Å². The third-order valence-corrected chi connectivity index (χ3v) is 2.87. The molecule has 2 aromatic heterocycles. The van der Waals surface area contributed by atoms with Crippen molar-refractivity contribution in [2.24, 2.45) is 7.05 Å². The summed E-state index contributed by atoms with van der Waals surface area (Å²) < 4.78 is 1.72. The van der Waals surface area contributed by atoms with Gasteiger partial charge in [0.05, 0.1) is 17.2 Å². The minimum absolute atomic E-state index is 0.598. The lowest BCUT2D eigenvalue weighted by Crippen LogP contribution is -2.60. The molecule has 1 saturated heterocycles. The van der Waals surface area contributed by atoms with Crippen LogP contribution in [0.3, 0.4) is 0 Å². The van der Waals surface area contributed by atoms with Gasteiger partial charge in [-0.15, -0.1) is 0 Å². The van der Waals surface area contributed by atoms with E-state index in [1.807, 2.05) is 18.9 Å². The second-order valence-corrected chi connectivity index (χ2v) is 4.56. The van der Waals surface area contributed by atoms with Crippen LogP contribution in [0.15, 0.2) is 12.5 Å². The van der Waals surface area contributed by atoms with Crippen LogP contribution in [0.5, 0.6) is 0 Å². The molecule has 1 aliphatic heterocycles. The van der Waals surface area contributed by atoms with Gasteiger partial charge < -0.3 is 10.0 Å². The summed E-state index contributed by atoms with van der Waals surface area (Å²) in [5, 5.41) is 14.8. The number of fused-ring (bicyclic) bond motifs is 1. The normalized spacial score (nSPS) is 18.8. The maximum absolute atomic E-state index is 9.72. The van der Waals surface area contributed by atoms with Crippen LogP contribution >= 0.6 is 0 Å². The molecule has 6 nitrogen and oxygen atoms in total. The molecule has 2 aromatic rings. The smallest absolute Gasteiger partial charge is 0.163 e. The van der Waals surface area contributed by atoms with E-state index in [0.29, 0.717) is 13.1 Å². The average Bonchev–Trinajstić information content (AvgIpc) is 2.57. The molecule has 0 atom stereocenters. The summed E-state index contributed by atoms with van der Waals surface area (Å²) in [5.74, 6) is 0.852. The number of hydrogen-bond acceptors (Lipinski definition) is 5. The fourth-order valence-corrected chi connectivity index (χ4v) is 2.13. The van der Waals surface area contributed by atoms with Gasteiger partial charge in [-0.25, -0.2) is 9.97 Å². The first-order valence-electron chi connectivity index (χ1n) is 5.17. The van der Waals surface area contributed by atoms with E-state index in [-0.39, 0.29) is 0 Å². The summed E-state index contributed by atoms with van der Waals surface area (Å²) in [4.78, 5) is 10.5. The van der Waals surface area contributed by atoms with E-state index in [1.165, 1.54) is 6.33 Å². The molecule has 0 radical (unpaired) electrons. The van der Waals surface area contributed by atoms with Crippen LogP contribution in [0.2, 0.25) is 0 Å². The predicted molar refractivity (Wildman–Crippen MR) is 59.1 cm³/mol. The Hall–Kier alpha value is -1.69. The van der Waals surface area contributed by atoms with Crippen LogP contribution in [-0.4, -0.2) is 43.5 Å². The Kier molecular flexibility index (Phi) is 1.74. The van der Waals surface area contributed by atoms with Crippen LogP contribution < -0.4 is 4.90 Å². The quantitative estimate of drug-likeness (QED) is 0.727. The van der Waals surface area contributed by atoms with Crippen molar-refractivity contribution in [3.05, 3.63) is 12.5 Å². The van der Waals surface area contributed by atoms with Gasteiger partial charge in [0.2, 0.25) is 0 Å². The molecule has 0 amide bonds. The molecule has 1 aliphatic rings. The number of aromatic nitrogens is 4. The molecular weight excluding hydrogens is 206 g/mol. The molecule has 16 heavy (non-hydrogen) atoms. The van der Waals surface area contributed by atoms with Gasteiger partial charge in [0.15, 0.2) is 5.65 Å². The Labute approximate surface area is 92.5 Å². The van der Waals surface area contributed by atoms with Crippen molar-refractivity contribution in [1.82, 2.24) is 19.7 Å². The van der Waals surface area contributed by atoms with Crippen molar-refractivity contribution >= 4 is 16.9 Å². The van der Waals surface area contributed by atoms with Crippen LogP contribution in [0.4, 0.5) is 5.82 Å². The Morgan fingerprint density at radius 2 is 2.12 bits per heavy atom. The second-order valence-electron chi connectivity index (χ2n) is 4.56. The van der Waals surface area contributed by atoms with Crippen molar-refractivity contribution in [3.8, 4) is 0 Å². The first kappa shape index (κ1) is 9.53. The minimum Gasteiger partial charge on any atom is -0.386 e. The maximum atomic E-state index is 9.72. The molecule has 0 saturated carbocycles. The number of hydrogen-bond donors (Lipinski definition) is 1. The van der Waals surface area contributed by atoms with Crippen molar-refractivity contribution < 1.29 is 5.11 Å². The molecule has 0 spiro atoms. The number of β-amino-alcohol motifs (C(OH)–C–C–N with tert-alkyl or cyclic N) is 1. The molecule has 1 fully saturated rings. The monoisotopic (exact) mass is 219 g/mol. The van der Waals surface area contributed by atoms with Crippen molar-refractivity contribution in [1.29, 1.82) is 0 Å². The Morgan fingerprint density at radius 1 is 1.38 bits per heavy atom. The molecule has 0 aromatic carbocycles. The van der Waals surface area contributed by atoms with E-state index in [4.69, 9.17) is 0 Å². The largest absolute Gasteiger partial charge is 0.386 e. The maximum Gasteiger partial charge on any atom is 0.163 e. The third kappa shape index (κ3) is 1.26. The highest BCUT2D eigenvalue weighted by Gasteiger charge is 2.38. The summed E-state index contributed by atoms with van der Waals surface area (Å²) in [5.41, 5.74) is 0.219. The zero-order valence-electron chi connectivity index (χ0n) is 9.25. The second kappa shape index (κ2) is 2.91. The van der Waals surface area contributed by atoms with E-state index in [1.54, 1.807) is 10.9 Å². The Morgan fingerprint density at radius 3 is 2.81 bits per heavy atom. The summed E-state index contributed by atoms with van der Waals surface area (Å²) in [6.07, 6.45) is 3.30. The van der Waals surface area contributed by atoms with Gasteiger partial charge in [-0.3, -0.25) is 4.68 Å². The molecule has 3 rings (SSSR count). The van der Waals surface area contributed by atoms with Crippen molar-refractivity contribution in [2.75, 3.05) is 18.0 Å². The summed E-state index contributed by atoms with van der Waals surface area (Å²) in [6.45, 7) is 3.03. The first-order valence-corrected chi connectivity index (χ1v) is 5.17. The SMILES string of the molecule is Cn1ncc2c(N3CC(C)(O)C3)ncnc21. The van der Waals surface area contributed by atoms with Gasteiger partial charge in [0.25, 0.3) is 0 Å². The van der Waals surface area contributed by atoms with Crippen LogP contribution in [0, 0.1) is 0 Å². The lowest BCUT2D eigenvalue weighted by atomic mass is 9.97. The molecule has 84 valence electrons. The lowest BCUT2D eigenvalue weighted by Gasteiger charge is -2.44. The number of aliphatic hydroxyl groups is 1. The summed E-state index contributed by atoms with van der Waals surface area (Å²) in [6, 6.07) is 0. The van der Waals surface area contributed by atoms with E-state index >= 15 is 0 Å². The number of nitrogens with zero attached hydrogens (tertiary/aromatic N) is 5. The molecule has 6 heteroatoms. The molecule has 0 bridgehead atoms. The molecule has 0 aliphatic carbocycles. The minimum atomic E-state index is -0.598. The standard InChI is InChI=1S/C10H13N5O/c1-10(16)4-15(5-10)9-7-3-13-14(2)8(7)11-6-12-9/h3,6,16H,4-5H2,1-2H3. The van der Waals surface area contributed by atoms with E-state index in [2.05, 4.69) is 15.1 Å². The highest BCUT2D eigenvalue weighted by Crippen LogP contribution is 2.30. The van der Waals surface area contributed by atoms with Gasteiger partial charge in [0.1, 0.15) is 12.1 Å². The average molecular weight is 219 g/mol. The highest BCUT2D eigenvalue weighted by molar-refractivity contribution is 5.87. The van der Waals surface area contributed by atoms with Gasteiger partial charge in [-0.1, -0.05) is 0 Å². The van der Waals surface area contributed by atoms with Crippen LogP contribution in [-0.2, 0) is 7.05 Å². The van der Waals surface area contributed by atoms with Gasteiger partial charge in [0, 0.05) is 20.1 Å². The highest BCUT2D eigenvalue weighted by atomic mass is 16.3. The predicted octanol–water partition coefficient (Wildman–Crippen LogP) is -0.0657. The zero-order valence-corrected chi connectivity index (χ0v) is 9.25. The molecular formula is C10H13N5O. The third-order valence-electron chi connectivity index (χ3n) is 2.87. The van der Waals surface area contributed by atoms with Gasteiger partial charge >= 0.3 is 0 Å². The zero-order chi connectivity index (χ0) is 11.3. The lowest BCUT2D eigenvalue weighted by molar-refractivity contribution is 0.0307. The molecule has 3 heterocycles. The van der Waals surface area contributed by atoms with E-state index in [0.717, 1.165) is 16.9 Å². The molecule has 0 unspecified atom stereocenters. The van der Waals surface area contributed by atoms with E-state index in [9.17, 15) is 5.11 Å². The topological polar surface area (TPSA) is 67.1 Å². The molecule has 1 N–H and O–H groups in total. The Balaban J connectivity index is 2.05. The first-order chi connectivity index (χ1) is 7.57. The fourth-order valence-electron chi connectivity index (χ4n) is 2.13. The number of rotatable bonds is 1. The number of aryl methyl sites for hydroxylation is 1. The van der Waals surface area contributed by atoms with E-state index < -0.39 is 5.60 Å². The van der Waals surface area contributed by atoms with Crippen LogP contribution in [0.25, 0.3) is 11.0 Å². The Bertz CT molecular complexity index is 539. The summed E-state index contributed by atoms with van der Waals surface area (Å²) in [7, 11) is 1.85. The van der Waals surface area contributed by atoms with Crippen molar-refractivity contribution in [2.45, 2.75) is 12.5 Å². The fraction of sp³-hybridized carbons (Fsp3) is 0.500.